The van der Waals surface area contributed by atoms with Gasteiger partial charge < -0.3 is 24.8 Å². The first-order valence-electron chi connectivity index (χ1n) is 10.0. The molecule has 8 heteroatoms. The van der Waals surface area contributed by atoms with E-state index >= 15 is 0 Å². The zero-order valence-corrected chi connectivity index (χ0v) is 17.6. The third-order valence-electron chi connectivity index (χ3n) is 5.09. The molecule has 1 saturated heterocycles. The summed E-state index contributed by atoms with van der Waals surface area (Å²) in [6, 6.07) is 15.5. The van der Waals surface area contributed by atoms with E-state index in [2.05, 4.69) is 9.98 Å². The number of rotatable bonds is 5. The van der Waals surface area contributed by atoms with Crippen molar-refractivity contribution in [2.24, 2.45) is 10.7 Å². The van der Waals surface area contributed by atoms with Crippen LogP contribution in [0.3, 0.4) is 0 Å². The van der Waals surface area contributed by atoms with Gasteiger partial charge in [-0.05, 0) is 42.0 Å². The van der Waals surface area contributed by atoms with Crippen molar-refractivity contribution in [1.82, 2.24) is 14.9 Å². The Morgan fingerprint density at radius 2 is 1.52 bits per heavy atom. The Bertz CT molecular complexity index is 1050. The van der Waals surface area contributed by atoms with Crippen LogP contribution in [0.2, 0.25) is 0 Å². The van der Waals surface area contributed by atoms with E-state index in [4.69, 9.17) is 24.9 Å². The van der Waals surface area contributed by atoms with E-state index in [-0.39, 0.29) is 0 Å². The second-order valence-electron chi connectivity index (χ2n) is 6.96. The second-order valence-corrected chi connectivity index (χ2v) is 6.96. The number of morpholine rings is 1. The molecule has 0 saturated carbocycles. The van der Waals surface area contributed by atoms with Crippen LogP contribution in [0.4, 0.5) is 5.95 Å². The molecule has 0 radical (unpaired) electrons. The summed E-state index contributed by atoms with van der Waals surface area (Å²) in [7, 11) is 3.29. The first-order valence-corrected chi connectivity index (χ1v) is 10.0. The SMILES string of the molecule is COc1ccc(-c2cnc(/N=C(\N)N3CCOCC3)nc2-c2ccc(OC)cc2)cc1. The fraction of sp³-hybridized carbons (Fsp3) is 0.261. The molecule has 2 aromatic carbocycles. The monoisotopic (exact) mass is 419 g/mol. The number of aromatic nitrogens is 2. The summed E-state index contributed by atoms with van der Waals surface area (Å²) >= 11 is 0. The molecule has 0 amide bonds. The van der Waals surface area contributed by atoms with Gasteiger partial charge in [-0.2, -0.15) is 4.99 Å². The first-order chi connectivity index (χ1) is 15.2. The summed E-state index contributed by atoms with van der Waals surface area (Å²) in [5.41, 5.74) is 9.75. The molecular weight excluding hydrogens is 394 g/mol. The maximum Gasteiger partial charge on any atom is 0.253 e. The van der Waals surface area contributed by atoms with Crippen LogP contribution in [0, 0.1) is 0 Å². The lowest BCUT2D eigenvalue weighted by atomic mass is 10.0. The molecule has 4 rings (SSSR count). The van der Waals surface area contributed by atoms with Crippen LogP contribution in [0.25, 0.3) is 22.4 Å². The molecule has 2 heterocycles. The van der Waals surface area contributed by atoms with Crippen molar-refractivity contribution in [3.8, 4) is 33.9 Å². The maximum atomic E-state index is 6.20. The van der Waals surface area contributed by atoms with Gasteiger partial charge in [-0.1, -0.05) is 12.1 Å². The highest BCUT2D eigenvalue weighted by atomic mass is 16.5. The maximum absolute atomic E-state index is 6.20. The number of ether oxygens (including phenoxy) is 3. The van der Waals surface area contributed by atoms with Crippen LogP contribution in [0.15, 0.2) is 59.7 Å². The summed E-state index contributed by atoms with van der Waals surface area (Å²) in [4.78, 5) is 15.6. The number of hydrogen-bond acceptors (Lipinski definition) is 6. The van der Waals surface area contributed by atoms with E-state index < -0.39 is 0 Å². The average molecular weight is 419 g/mol. The summed E-state index contributed by atoms with van der Waals surface area (Å²) in [6.07, 6.45) is 1.78. The molecular formula is C23H25N5O3. The smallest absolute Gasteiger partial charge is 0.253 e. The molecule has 0 unspecified atom stereocenters. The van der Waals surface area contributed by atoms with Gasteiger partial charge in [0.15, 0.2) is 5.96 Å². The molecule has 0 bridgehead atoms. The zero-order chi connectivity index (χ0) is 21.6. The highest BCUT2D eigenvalue weighted by Gasteiger charge is 2.15. The summed E-state index contributed by atoms with van der Waals surface area (Å²) < 4.78 is 15.9. The van der Waals surface area contributed by atoms with Crippen LogP contribution in [-0.2, 0) is 4.74 Å². The molecule has 31 heavy (non-hydrogen) atoms. The van der Waals surface area contributed by atoms with Crippen molar-refractivity contribution in [2.75, 3.05) is 40.5 Å². The van der Waals surface area contributed by atoms with E-state index in [1.807, 2.05) is 53.4 Å². The highest BCUT2D eigenvalue weighted by Crippen LogP contribution is 2.33. The van der Waals surface area contributed by atoms with E-state index in [0.717, 1.165) is 33.9 Å². The number of methoxy groups -OCH3 is 2. The lowest BCUT2D eigenvalue weighted by molar-refractivity contribution is 0.0675. The molecule has 3 aromatic rings. The number of aliphatic imine (C=N–C) groups is 1. The van der Waals surface area contributed by atoms with Gasteiger partial charge in [-0.3, -0.25) is 0 Å². The predicted octanol–water partition coefficient (Wildman–Crippen LogP) is 3.11. The van der Waals surface area contributed by atoms with Crippen molar-refractivity contribution < 1.29 is 14.2 Å². The number of guanidine groups is 1. The van der Waals surface area contributed by atoms with Crippen molar-refractivity contribution in [3.05, 3.63) is 54.7 Å². The molecule has 1 fully saturated rings. The first kappa shape index (κ1) is 20.6. The van der Waals surface area contributed by atoms with Crippen molar-refractivity contribution in [1.29, 1.82) is 0 Å². The van der Waals surface area contributed by atoms with Gasteiger partial charge in [0, 0.05) is 30.4 Å². The Kier molecular flexibility index (Phi) is 6.28. The van der Waals surface area contributed by atoms with Crippen LogP contribution in [-0.4, -0.2) is 61.4 Å². The van der Waals surface area contributed by atoms with Gasteiger partial charge in [0.05, 0.1) is 33.1 Å². The van der Waals surface area contributed by atoms with Crippen LogP contribution in [0.5, 0.6) is 11.5 Å². The quantitative estimate of drug-likeness (QED) is 0.501. The number of benzene rings is 2. The van der Waals surface area contributed by atoms with Crippen LogP contribution in [0.1, 0.15) is 0 Å². The molecule has 1 aliphatic rings. The number of hydrogen-bond donors (Lipinski definition) is 1. The highest BCUT2D eigenvalue weighted by molar-refractivity contribution is 5.83. The molecule has 0 spiro atoms. The third-order valence-corrected chi connectivity index (χ3v) is 5.09. The minimum Gasteiger partial charge on any atom is -0.497 e. The molecule has 0 aliphatic carbocycles. The summed E-state index contributed by atoms with van der Waals surface area (Å²) in [5, 5.41) is 0. The van der Waals surface area contributed by atoms with Gasteiger partial charge in [0.25, 0.3) is 5.95 Å². The largest absolute Gasteiger partial charge is 0.497 e. The van der Waals surface area contributed by atoms with Crippen molar-refractivity contribution in [2.45, 2.75) is 0 Å². The zero-order valence-electron chi connectivity index (χ0n) is 17.6. The van der Waals surface area contributed by atoms with Crippen molar-refractivity contribution in [3.63, 3.8) is 0 Å². The predicted molar refractivity (Wildman–Crippen MR) is 120 cm³/mol. The van der Waals surface area contributed by atoms with E-state index in [1.165, 1.54) is 0 Å². The normalized spacial score (nSPS) is 14.4. The molecule has 0 atom stereocenters. The van der Waals surface area contributed by atoms with Gasteiger partial charge in [-0.15, -0.1) is 0 Å². The average Bonchev–Trinajstić information content (AvgIpc) is 2.84. The van der Waals surface area contributed by atoms with Crippen LogP contribution < -0.4 is 15.2 Å². The fourth-order valence-electron chi connectivity index (χ4n) is 3.34. The minimum absolute atomic E-state index is 0.312. The summed E-state index contributed by atoms with van der Waals surface area (Å²) in [5.74, 6) is 2.27. The summed E-state index contributed by atoms with van der Waals surface area (Å²) in [6.45, 7) is 2.66. The standard InChI is InChI=1S/C23H25N5O3/c1-29-18-7-3-16(4-8-18)20-15-25-23(27-22(24)28-11-13-31-14-12-28)26-21(20)17-5-9-19(30-2)10-6-17/h3-10,15H,11-14H2,1-2H3,(H2,24,25,26,27). The molecule has 2 N–H and O–H groups in total. The number of nitrogens with zero attached hydrogens (tertiary/aromatic N) is 4. The Labute approximate surface area is 181 Å². The van der Waals surface area contributed by atoms with E-state index in [9.17, 15) is 0 Å². The lowest BCUT2D eigenvalue weighted by Gasteiger charge is -2.27. The second kappa shape index (κ2) is 9.44. The minimum atomic E-state index is 0.312. The molecule has 1 aromatic heterocycles. The Hall–Kier alpha value is -3.65. The number of nitrogens with two attached hydrogens (primary N) is 1. The van der Waals surface area contributed by atoms with Gasteiger partial charge in [0.2, 0.25) is 0 Å². The molecule has 1 aliphatic heterocycles. The van der Waals surface area contributed by atoms with Gasteiger partial charge in [-0.25, -0.2) is 9.97 Å². The van der Waals surface area contributed by atoms with E-state index in [0.29, 0.717) is 38.2 Å². The van der Waals surface area contributed by atoms with Crippen molar-refractivity contribution >= 4 is 11.9 Å². The lowest BCUT2D eigenvalue weighted by Crippen LogP contribution is -2.44. The fourth-order valence-corrected chi connectivity index (χ4v) is 3.34. The molecule has 160 valence electrons. The van der Waals surface area contributed by atoms with E-state index in [1.54, 1.807) is 20.4 Å². The Morgan fingerprint density at radius 1 is 0.935 bits per heavy atom. The van der Waals surface area contributed by atoms with Gasteiger partial charge >= 0.3 is 0 Å². The molecule has 8 nitrogen and oxygen atoms in total. The third kappa shape index (κ3) is 4.75. The van der Waals surface area contributed by atoms with Gasteiger partial charge in [0.1, 0.15) is 11.5 Å². The van der Waals surface area contributed by atoms with Crippen LogP contribution >= 0.6 is 0 Å². The topological polar surface area (TPSA) is 95.1 Å². The Balaban J connectivity index is 1.75. The Morgan fingerprint density at radius 3 is 2.10 bits per heavy atom.